The van der Waals surface area contributed by atoms with Crippen LogP contribution in [0.2, 0.25) is 0 Å². The molecular formula is C17H20N2O. The summed E-state index contributed by atoms with van der Waals surface area (Å²) in [7, 11) is 0. The molecule has 104 valence electrons. The summed E-state index contributed by atoms with van der Waals surface area (Å²) in [5.74, 6) is 1.26. The molecule has 2 aromatic rings. The van der Waals surface area contributed by atoms with Gasteiger partial charge in [-0.15, -0.1) is 0 Å². The quantitative estimate of drug-likeness (QED) is 0.928. The summed E-state index contributed by atoms with van der Waals surface area (Å²) in [6.45, 7) is 2.07. The van der Waals surface area contributed by atoms with E-state index in [1.165, 1.54) is 36.8 Å². The van der Waals surface area contributed by atoms with Crippen molar-refractivity contribution in [1.82, 2.24) is 9.97 Å². The van der Waals surface area contributed by atoms with Crippen LogP contribution in [0.3, 0.4) is 0 Å². The van der Waals surface area contributed by atoms with Gasteiger partial charge < -0.3 is 4.98 Å². The van der Waals surface area contributed by atoms with Gasteiger partial charge in [0.2, 0.25) is 0 Å². The van der Waals surface area contributed by atoms with Crippen molar-refractivity contribution in [1.29, 1.82) is 0 Å². The molecule has 1 heterocycles. The highest BCUT2D eigenvalue weighted by Gasteiger charge is 2.19. The SMILES string of the molecule is Cc1ccc(Cc2nc(C3CCCC3)cc(=O)[nH]2)cc1. The number of rotatable bonds is 3. The Morgan fingerprint density at radius 3 is 2.60 bits per heavy atom. The Bertz CT molecular complexity index is 637. The predicted molar refractivity (Wildman–Crippen MR) is 80.1 cm³/mol. The minimum Gasteiger partial charge on any atom is -0.310 e. The number of aromatic nitrogens is 2. The molecule has 3 heteroatoms. The lowest BCUT2D eigenvalue weighted by molar-refractivity contribution is 0.683. The molecular weight excluding hydrogens is 248 g/mol. The lowest BCUT2D eigenvalue weighted by Crippen LogP contribution is -2.14. The summed E-state index contributed by atoms with van der Waals surface area (Å²) >= 11 is 0. The van der Waals surface area contributed by atoms with Gasteiger partial charge in [0.15, 0.2) is 0 Å². The number of aromatic amines is 1. The molecule has 0 aliphatic heterocycles. The van der Waals surface area contributed by atoms with Gasteiger partial charge in [0.25, 0.3) is 5.56 Å². The zero-order valence-electron chi connectivity index (χ0n) is 11.9. The van der Waals surface area contributed by atoms with Crippen LogP contribution < -0.4 is 5.56 Å². The van der Waals surface area contributed by atoms with Crippen LogP contribution in [-0.2, 0) is 6.42 Å². The minimum absolute atomic E-state index is 0.0241. The lowest BCUT2D eigenvalue weighted by atomic mass is 10.0. The molecule has 1 aromatic carbocycles. The topological polar surface area (TPSA) is 45.8 Å². The molecule has 0 atom stereocenters. The number of nitrogens with zero attached hydrogens (tertiary/aromatic N) is 1. The highest BCUT2D eigenvalue weighted by Crippen LogP contribution is 2.32. The molecule has 0 amide bonds. The summed E-state index contributed by atoms with van der Waals surface area (Å²) in [5.41, 5.74) is 3.38. The second-order valence-corrected chi connectivity index (χ2v) is 5.76. The van der Waals surface area contributed by atoms with E-state index in [0.717, 1.165) is 11.5 Å². The molecule has 0 unspecified atom stereocenters. The molecule has 20 heavy (non-hydrogen) atoms. The van der Waals surface area contributed by atoms with Gasteiger partial charge in [-0.3, -0.25) is 4.79 Å². The van der Waals surface area contributed by atoms with Crippen molar-refractivity contribution in [3.63, 3.8) is 0 Å². The lowest BCUT2D eigenvalue weighted by Gasteiger charge is -2.10. The van der Waals surface area contributed by atoms with Crippen LogP contribution in [0.1, 0.15) is 54.2 Å². The molecule has 0 saturated heterocycles. The van der Waals surface area contributed by atoms with Crippen LogP contribution in [-0.4, -0.2) is 9.97 Å². The maximum atomic E-state index is 11.8. The first-order chi connectivity index (χ1) is 9.70. The van der Waals surface area contributed by atoms with Crippen LogP contribution in [0.15, 0.2) is 35.1 Å². The Morgan fingerprint density at radius 2 is 1.90 bits per heavy atom. The number of nitrogens with one attached hydrogen (secondary N) is 1. The molecule has 1 saturated carbocycles. The Labute approximate surface area is 119 Å². The molecule has 3 rings (SSSR count). The van der Waals surface area contributed by atoms with E-state index in [1.807, 2.05) is 0 Å². The van der Waals surface area contributed by atoms with Gasteiger partial charge in [0, 0.05) is 18.4 Å². The van der Waals surface area contributed by atoms with Crippen LogP contribution >= 0.6 is 0 Å². The zero-order valence-corrected chi connectivity index (χ0v) is 11.9. The van der Waals surface area contributed by atoms with Gasteiger partial charge in [-0.2, -0.15) is 0 Å². The van der Waals surface area contributed by atoms with Crippen LogP contribution in [0.4, 0.5) is 0 Å². The number of aryl methyl sites for hydroxylation is 1. The fourth-order valence-corrected chi connectivity index (χ4v) is 2.94. The van der Waals surface area contributed by atoms with Gasteiger partial charge in [0.1, 0.15) is 5.82 Å². The molecule has 0 spiro atoms. The van der Waals surface area contributed by atoms with Crippen molar-refractivity contribution in [3.8, 4) is 0 Å². The monoisotopic (exact) mass is 268 g/mol. The molecule has 1 aliphatic carbocycles. The fraction of sp³-hybridized carbons (Fsp3) is 0.412. The maximum Gasteiger partial charge on any atom is 0.251 e. The van der Waals surface area contributed by atoms with E-state index in [1.54, 1.807) is 6.07 Å². The molecule has 1 fully saturated rings. The first-order valence-electron chi connectivity index (χ1n) is 7.36. The Balaban J connectivity index is 1.85. The van der Waals surface area contributed by atoms with E-state index in [0.29, 0.717) is 12.3 Å². The average Bonchev–Trinajstić information content (AvgIpc) is 2.95. The van der Waals surface area contributed by atoms with Crippen molar-refractivity contribution in [3.05, 3.63) is 63.3 Å². The van der Waals surface area contributed by atoms with Crippen molar-refractivity contribution in [2.75, 3.05) is 0 Å². The Morgan fingerprint density at radius 1 is 1.20 bits per heavy atom. The second-order valence-electron chi connectivity index (χ2n) is 5.76. The highest BCUT2D eigenvalue weighted by molar-refractivity contribution is 5.24. The first kappa shape index (κ1) is 13.1. The average molecular weight is 268 g/mol. The smallest absolute Gasteiger partial charge is 0.251 e. The third kappa shape index (κ3) is 2.98. The Hall–Kier alpha value is -1.90. The van der Waals surface area contributed by atoms with E-state index >= 15 is 0 Å². The van der Waals surface area contributed by atoms with Gasteiger partial charge in [0.05, 0.1) is 5.69 Å². The summed E-state index contributed by atoms with van der Waals surface area (Å²) in [6, 6.07) is 10.0. The summed E-state index contributed by atoms with van der Waals surface area (Å²) in [6.07, 6.45) is 5.54. The molecule has 1 aliphatic rings. The molecule has 1 N–H and O–H groups in total. The number of H-pyrrole nitrogens is 1. The molecule has 1 aromatic heterocycles. The standard InChI is InChI=1S/C17H20N2O/c1-12-6-8-13(9-7-12)10-16-18-15(11-17(20)19-16)14-4-2-3-5-14/h6-9,11,14H,2-5,10H2,1H3,(H,18,19,20). The van der Waals surface area contributed by atoms with Crippen LogP contribution in [0.25, 0.3) is 0 Å². The van der Waals surface area contributed by atoms with Crippen molar-refractivity contribution < 1.29 is 0 Å². The summed E-state index contributed by atoms with van der Waals surface area (Å²) in [5, 5.41) is 0. The number of hydrogen-bond donors (Lipinski definition) is 1. The Kier molecular flexibility index (Phi) is 3.68. The van der Waals surface area contributed by atoms with Crippen molar-refractivity contribution in [2.24, 2.45) is 0 Å². The summed E-state index contributed by atoms with van der Waals surface area (Å²) in [4.78, 5) is 19.4. The normalized spacial score (nSPS) is 15.7. The maximum absolute atomic E-state index is 11.8. The summed E-state index contributed by atoms with van der Waals surface area (Å²) < 4.78 is 0. The first-order valence-corrected chi connectivity index (χ1v) is 7.36. The van der Waals surface area contributed by atoms with E-state index < -0.39 is 0 Å². The van der Waals surface area contributed by atoms with Crippen LogP contribution in [0, 0.1) is 6.92 Å². The van der Waals surface area contributed by atoms with Gasteiger partial charge >= 0.3 is 0 Å². The second kappa shape index (κ2) is 5.61. The van der Waals surface area contributed by atoms with Crippen LogP contribution in [0.5, 0.6) is 0 Å². The van der Waals surface area contributed by atoms with Gasteiger partial charge in [-0.25, -0.2) is 4.98 Å². The number of hydrogen-bond acceptors (Lipinski definition) is 2. The highest BCUT2D eigenvalue weighted by atomic mass is 16.1. The van der Waals surface area contributed by atoms with Gasteiger partial charge in [-0.1, -0.05) is 42.7 Å². The minimum atomic E-state index is -0.0241. The largest absolute Gasteiger partial charge is 0.310 e. The van der Waals surface area contributed by atoms with Crippen molar-refractivity contribution in [2.45, 2.75) is 44.9 Å². The van der Waals surface area contributed by atoms with E-state index in [4.69, 9.17) is 0 Å². The zero-order chi connectivity index (χ0) is 13.9. The van der Waals surface area contributed by atoms with Crippen molar-refractivity contribution >= 4 is 0 Å². The molecule has 0 radical (unpaired) electrons. The predicted octanol–water partition coefficient (Wildman–Crippen LogP) is 3.33. The molecule has 0 bridgehead atoms. The number of benzene rings is 1. The van der Waals surface area contributed by atoms with E-state index in [-0.39, 0.29) is 5.56 Å². The third-order valence-electron chi connectivity index (χ3n) is 4.08. The van der Waals surface area contributed by atoms with E-state index in [9.17, 15) is 4.79 Å². The molecule has 3 nitrogen and oxygen atoms in total. The third-order valence-corrected chi connectivity index (χ3v) is 4.08. The van der Waals surface area contributed by atoms with E-state index in [2.05, 4.69) is 41.2 Å². The van der Waals surface area contributed by atoms with Gasteiger partial charge in [-0.05, 0) is 25.3 Å². The fourth-order valence-electron chi connectivity index (χ4n) is 2.94.